The normalized spacial score (nSPS) is 14.0. The third-order valence-electron chi connectivity index (χ3n) is 4.39. The highest BCUT2D eigenvalue weighted by molar-refractivity contribution is 6.30. The highest BCUT2D eigenvalue weighted by Crippen LogP contribution is 2.27. The number of rotatable bonds is 2. The molecule has 0 saturated heterocycles. The van der Waals surface area contributed by atoms with Gasteiger partial charge in [0.1, 0.15) is 0 Å². The molecule has 2 aromatic carbocycles. The highest BCUT2D eigenvalue weighted by atomic mass is 35.5. The molecule has 0 atom stereocenters. The maximum absolute atomic E-state index is 11.5. The van der Waals surface area contributed by atoms with Gasteiger partial charge in [-0.1, -0.05) is 12.1 Å². The molecule has 2 aliphatic heterocycles. The van der Waals surface area contributed by atoms with Crippen LogP contribution in [0.3, 0.4) is 0 Å². The zero-order chi connectivity index (χ0) is 18.8. The number of hydrogen-bond donors (Lipinski definition) is 2. The Morgan fingerprint density at radius 1 is 0.962 bits per heavy atom. The van der Waals surface area contributed by atoms with E-state index in [0.29, 0.717) is 18.4 Å². The number of ketones is 1. The summed E-state index contributed by atoms with van der Waals surface area (Å²) in [6.07, 6.45) is 0.883. The molecule has 0 bridgehead atoms. The number of carbonyl (C=O) groups is 3. The fourth-order valence-electron chi connectivity index (χ4n) is 3.08. The van der Waals surface area contributed by atoms with Gasteiger partial charge in [-0.2, -0.15) is 0 Å². The largest absolute Gasteiger partial charge is 0.326 e. The molecule has 6 heteroatoms. The van der Waals surface area contributed by atoms with Gasteiger partial charge in [0.15, 0.2) is 5.78 Å². The van der Waals surface area contributed by atoms with E-state index in [1.54, 1.807) is 6.07 Å². The minimum Gasteiger partial charge on any atom is -0.326 e. The number of nitrogens with one attached hydrogen (secondary N) is 2. The van der Waals surface area contributed by atoms with Crippen LogP contribution in [0.15, 0.2) is 30.3 Å². The smallest absolute Gasteiger partial charge is 0.228 e. The minimum absolute atomic E-state index is 0.0268. The summed E-state index contributed by atoms with van der Waals surface area (Å²) in [7, 11) is 0. The van der Waals surface area contributed by atoms with Crippen LogP contribution in [0.4, 0.5) is 11.4 Å². The standard InChI is InChI=1S/C11H10ClNO2.C9H9NO/c1-6-2-9-7(4-11(15)13-9)3-8(6)10(14)5-12;1-6-2-3-7-5-9(11)10-8(7)4-6/h2-3H,4-5H2,1H3,(H,13,15);2-4H,5H2,1H3,(H,10,11). The number of hydrogen-bond acceptors (Lipinski definition) is 3. The molecule has 2 aromatic rings. The lowest BCUT2D eigenvalue weighted by molar-refractivity contribution is -0.115. The first-order chi connectivity index (χ1) is 12.4. The summed E-state index contributed by atoms with van der Waals surface area (Å²) < 4.78 is 0. The molecular weight excluding hydrogens is 352 g/mol. The molecule has 26 heavy (non-hydrogen) atoms. The van der Waals surface area contributed by atoms with Crippen LogP contribution in [-0.2, 0) is 22.4 Å². The Labute approximate surface area is 156 Å². The Balaban J connectivity index is 0.000000158. The van der Waals surface area contributed by atoms with Crippen molar-refractivity contribution in [3.05, 3.63) is 58.1 Å². The maximum Gasteiger partial charge on any atom is 0.228 e. The first-order valence-electron chi connectivity index (χ1n) is 8.29. The van der Waals surface area contributed by atoms with Gasteiger partial charge in [-0.15, -0.1) is 11.6 Å². The van der Waals surface area contributed by atoms with Crippen LogP contribution in [0, 0.1) is 13.8 Å². The third-order valence-corrected chi connectivity index (χ3v) is 4.63. The molecule has 2 N–H and O–H groups in total. The number of Topliss-reactive ketones (excluding diaryl/α,β-unsaturated/α-hetero) is 1. The zero-order valence-electron chi connectivity index (χ0n) is 14.6. The van der Waals surface area contributed by atoms with Crippen molar-refractivity contribution in [2.24, 2.45) is 0 Å². The van der Waals surface area contributed by atoms with E-state index in [1.165, 1.54) is 5.56 Å². The third kappa shape index (κ3) is 3.78. The van der Waals surface area contributed by atoms with Crippen molar-refractivity contribution in [3.8, 4) is 0 Å². The highest BCUT2D eigenvalue weighted by Gasteiger charge is 2.20. The molecule has 0 fully saturated rings. The van der Waals surface area contributed by atoms with Gasteiger partial charge in [0, 0.05) is 16.9 Å². The number of benzene rings is 2. The molecule has 2 amide bonds. The van der Waals surface area contributed by atoms with Gasteiger partial charge in [0.25, 0.3) is 0 Å². The summed E-state index contributed by atoms with van der Waals surface area (Å²) in [4.78, 5) is 33.5. The van der Waals surface area contributed by atoms with Gasteiger partial charge in [-0.3, -0.25) is 14.4 Å². The van der Waals surface area contributed by atoms with Crippen LogP contribution in [0.5, 0.6) is 0 Å². The number of fused-ring (bicyclic) bond motifs is 2. The first-order valence-corrected chi connectivity index (χ1v) is 8.82. The second-order valence-electron chi connectivity index (χ2n) is 6.49. The van der Waals surface area contributed by atoms with Crippen molar-refractivity contribution in [1.82, 2.24) is 0 Å². The molecule has 134 valence electrons. The SMILES string of the molecule is Cc1cc2c(cc1C(=O)CCl)CC(=O)N2.Cc1ccc2c(c1)NC(=O)C2. The first kappa shape index (κ1) is 18.1. The number of anilines is 2. The summed E-state index contributed by atoms with van der Waals surface area (Å²) in [5.74, 6) is -0.0529. The van der Waals surface area contributed by atoms with Gasteiger partial charge in [-0.05, 0) is 54.3 Å². The van der Waals surface area contributed by atoms with Crippen molar-refractivity contribution in [2.45, 2.75) is 26.7 Å². The average molecular weight is 371 g/mol. The molecule has 2 heterocycles. The van der Waals surface area contributed by atoms with Crippen LogP contribution in [-0.4, -0.2) is 23.5 Å². The molecular formula is C20H19ClN2O3. The van der Waals surface area contributed by atoms with Gasteiger partial charge in [-0.25, -0.2) is 0 Å². The van der Waals surface area contributed by atoms with Gasteiger partial charge in [0.2, 0.25) is 11.8 Å². The minimum atomic E-state index is -0.101. The second-order valence-corrected chi connectivity index (χ2v) is 6.76. The van der Waals surface area contributed by atoms with Crippen molar-refractivity contribution < 1.29 is 14.4 Å². The van der Waals surface area contributed by atoms with Crippen molar-refractivity contribution in [1.29, 1.82) is 0 Å². The van der Waals surface area contributed by atoms with E-state index >= 15 is 0 Å². The van der Waals surface area contributed by atoms with E-state index in [0.717, 1.165) is 28.1 Å². The van der Waals surface area contributed by atoms with Gasteiger partial charge < -0.3 is 10.6 Å². The Hall–Kier alpha value is -2.66. The molecule has 5 nitrogen and oxygen atoms in total. The molecule has 0 radical (unpaired) electrons. The van der Waals surface area contributed by atoms with Gasteiger partial charge >= 0.3 is 0 Å². The van der Waals surface area contributed by atoms with E-state index in [4.69, 9.17) is 11.6 Å². The lowest BCUT2D eigenvalue weighted by Crippen LogP contribution is -2.04. The predicted molar refractivity (Wildman–Crippen MR) is 102 cm³/mol. The Bertz CT molecular complexity index is 922. The molecule has 0 saturated carbocycles. The van der Waals surface area contributed by atoms with E-state index in [-0.39, 0.29) is 23.5 Å². The molecule has 0 aromatic heterocycles. The zero-order valence-corrected chi connectivity index (χ0v) is 15.4. The fourth-order valence-corrected chi connectivity index (χ4v) is 3.23. The van der Waals surface area contributed by atoms with Crippen molar-refractivity contribution >= 4 is 40.6 Å². The summed E-state index contributed by atoms with van der Waals surface area (Å²) in [5.41, 5.74) is 6.42. The predicted octanol–water partition coefficient (Wildman–Crippen LogP) is 3.40. The molecule has 0 aliphatic carbocycles. The number of aryl methyl sites for hydroxylation is 2. The molecule has 4 rings (SSSR count). The summed E-state index contributed by atoms with van der Waals surface area (Å²) in [6, 6.07) is 9.61. The quantitative estimate of drug-likeness (QED) is 0.628. The van der Waals surface area contributed by atoms with E-state index < -0.39 is 0 Å². The van der Waals surface area contributed by atoms with Gasteiger partial charge in [0.05, 0.1) is 18.7 Å². The molecule has 0 spiro atoms. The van der Waals surface area contributed by atoms with E-state index in [1.807, 2.05) is 38.1 Å². The lowest BCUT2D eigenvalue weighted by atomic mass is 10.0. The number of halogens is 1. The lowest BCUT2D eigenvalue weighted by Gasteiger charge is -2.06. The Morgan fingerprint density at radius 3 is 2.23 bits per heavy atom. The van der Waals surface area contributed by atoms with Crippen LogP contribution in [0.25, 0.3) is 0 Å². The van der Waals surface area contributed by atoms with E-state index in [2.05, 4.69) is 10.6 Å². The van der Waals surface area contributed by atoms with E-state index in [9.17, 15) is 14.4 Å². The fraction of sp³-hybridized carbons (Fsp3) is 0.250. The number of amides is 2. The second kappa shape index (κ2) is 7.30. The maximum atomic E-state index is 11.5. The van der Waals surface area contributed by atoms with Crippen LogP contribution in [0.1, 0.15) is 32.6 Å². The average Bonchev–Trinajstić information content (AvgIpc) is 3.13. The summed E-state index contributed by atoms with van der Waals surface area (Å²) in [6.45, 7) is 3.86. The number of carbonyl (C=O) groups excluding carboxylic acids is 3. The van der Waals surface area contributed by atoms with Crippen molar-refractivity contribution in [2.75, 3.05) is 16.5 Å². The van der Waals surface area contributed by atoms with Crippen molar-refractivity contribution in [3.63, 3.8) is 0 Å². The Morgan fingerprint density at radius 2 is 1.58 bits per heavy atom. The monoisotopic (exact) mass is 370 g/mol. The van der Waals surface area contributed by atoms with Crippen LogP contribution >= 0.6 is 11.6 Å². The summed E-state index contributed by atoms with van der Waals surface area (Å²) >= 11 is 5.51. The Kier molecular flexibility index (Phi) is 5.09. The van der Waals surface area contributed by atoms with Crippen LogP contribution in [0.2, 0.25) is 0 Å². The molecule has 0 unspecified atom stereocenters. The molecule has 2 aliphatic rings. The van der Waals surface area contributed by atoms with Crippen LogP contribution < -0.4 is 10.6 Å². The topological polar surface area (TPSA) is 75.3 Å². The summed E-state index contributed by atoms with van der Waals surface area (Å²) in [5, 5.41) is 5.54. The number of alkyl halides is 1.